The van der Waals surface area contributed by atoms with Gasteiger partial charge in [-0.15, -0.1) is 0 Å². The van der Waals surface area contributed by atoms with E-state index in [-0.39, 0.29) is 0 Å². The summed E-state index contributed by atoms with van der Waals surface area (Å²) in [6, 6.07) is 0. The van der Waals surface area contributed by atoms with Gasteiger partial charge in [0.1, 0.15) is 0 Å². The Morgan fingerprint density at radius 2 is 1.71 bits per heavy atom. The van der Waals surface area contributed by atoms with Gasteiger partial charge >= 0.3 is 5.91 Å². The van der Waals surface area contributed by atoms with Crippen LogP contribution in [0.3, 0.4) is 0 Å². The Morgan fingerprint density at radius 3 is 1.71 bits per heavy atom. The van der Waals surface area contributed by atoms with E-state index in [9.17, 15) is 4.79 Å². The third-order valence-corrected chi connectivity index (χ3v) is 0.459. The Kier molecular flexibility index (Phi) is 1.32. The number of quaternary nitrogens is 1. The quantitative estimate of drug-likeness (QED) is 0.256. The van der Waals surface area contributed by atoms with Crippen LogP contribution in [0.5, 0.6) is 0 Å². The molecule has 0 fully saturated rings. The monoisotopic (exact) mass is 105 g/mol. The van der Waals surface area contributed by atoms with Crippen molar-refractivity contribution in [2.24, 2.45) is 17.2 Å². The van der Waals surface area contributed by atoms with Gasteiger partial charge in [0.15, 0.2) is 0 Å². The second-order valence-electron chi connectivity index (χ2n) is 1.40. The van der Waals surface area contributed by atoms with Gasteiger partial charge in [0.25, 0.3) is 5.79 Å². The highest BCUT2D eigenvalue weighted by Crippen LogP contribution is 1.63. The highest BCUT2D eigenvalue weighted by Gasteiger charge is 2.23. The number of nitrogens with two attached hydrogens (primary N) is 3. The van der Waals surface area contributed by atoms with E-state index >= 15 is 0 Å². The molecule has 0 spiro atoms. The average Bonchev–Trinajstić information content (AvgIpc) is 1.31. The molecule has 5 nitrogen and oxygen atoms in total. The summed E-state index contributed by atoms with van der Waals surface area (Å²) in [5, 5.41) is 0. The summed E-state index contributed by atoms with van der Waals surface area (Å²) in [4.78, 5) is 9.93. The van der Waals surface area contributed by atoms with Gasteiger partial charge in [-0.25, -0.2) is 0 Å². The molecule has 42 valence electrons. The Balaban J connectivity index is 3.79. The second kappa shape index (κ2) is 1.45. The van der Waals surface area contributed by atoms with Crippen molar-refractivity contribution >= 4 is 5.91 Å². The Bertz CT molecular complexity index is 82.2. The fourth-order valence-electron chi connectivity index (χ4n) is 0. The van der Waals surface area contributed by atoms with Crippen molar-refractivity contribution in [1.82, 2.24) is 0 Å². The molecule has 0 radical (unpaired) electrons. The minimum atomic E-state index is -1.61. The van der Waals surface area contributed by atoms with Gasteiger partial charge in [-0.3, -0.25) is 16.3 Å². The van der Waals surface area contributed by atoms with Gasteiger partial charge in [-0.2, -0.15) is 0 Å². The zero-order chi connectivity index (χ0) is 6.08. The summed E-state index contributed by atoms with van der Waals surface area (Å²) >= 11 is 0. The van der Waals surface area contributed by atoms with E-state index in [0.29, 0.717) is 0 Å². The summed E-state index contributed by atoms with van der Waals surface area (Å²) in [6.07, 6.45) is 0. The number of carbonyl (C=O) groups is 1. The average molecular weight is 105 g/mol. The fourth-order valence-corrected chi connectivity index (χ4v) is 0. The molecule has 0 unspecified atom stereocenters. The van der Waals surface area contributed by atoms with Crippen molar-refractivity contribution in [2.45, 2.75) is 5.79 Å². The number of carbonyl (C=O) groups excluding carboxylic acids is 1. The summed E-state index contributed by atoms with van der Waals surface area (Å²) in [7, 11) is 0. The number of rotatable bonds is 1. The van der Waals surface area contributed by atoms with Crippen molar-refractivity contribution in [1.29, 1.82) is 0 Å². The number of amides is 1. The van der Waals surface area contributed by atoms with Crippen LogP contribution in [0.4, 0.5) is 0 Å². The van der Waals surface area contributed by atoms with Crippen LogP contribution in [0.2, 0.25) is 0 Å². The summed E-state index contributed by atoms with van der Waals surface area (Å²) in [5.74, 6) is -2.42. The maximum atomic E-state index is 9.93. The van der Waals surface area contributed by atoms with Gasteiger partial charge in [0, 0.05) is 0 Å². The molecule has 0 aromatic heterocycles. The molecule has 0 aromatic carbocycles. The third kappa shape index (κ3) is 2.10. The maximum absolute atomic E-state index is 9.93. The van der Waals surface area contributed by atoms with Crippen LogP contribution < -0.4 is 22.9 Å². The predicted molar refractivity (Wildman–Crippen MR) is 23.2 cm³/mol. The molecular formula is C2H9N4O+. The first-order valence-corrected chi connectivity index (χ1v) is 1.67. The van der Waals surface area contributed by atoms with Crippen molar-refractivity contribution in [3.63, 3.8) is 0 Å². The van der Waals surface area contributed by atoms with E-state index < -0.39 is 11.7 Å². The zero-order valence-electron chi connectivity index (χ0n) is 3.85. The second-order valence-corrected chi connectivity index (χ2v) is 1.40. The topological polar surface area (TPSA) is 123 Å². The maximum Gasteiger partial charge on any atom is 0.311 e. The minimum absolute atomic E-state index is 0.812. The molecule has 1 amide bonds. The predicted octanol–water partition coefficient (Wildman–Crippen LogP) is -3.72. The van der Waals surface area contributed by atoms with Crippen molar-refractivity contribution in [3.05, 3.63) is 0 Å². The first-order chi connectivity index (χ1) is 2.94. The lowest BCUT2D eigenvalue weighted by Crippen LogP contribution is -2.88. The molecule has 0 aliphatic carbocycles. The Hall–Kier alpha value is -0.650. The summed E-state index contributed by atoms with van der Waals surface area (Å²) < 4.78 is 0. The lowest BCUT2D eigenvalue weighted by atomic mass is 10.4. The van der Waals surface area contributed by atoms with E-state index in [1.807, 2.05) is 0 Å². The largest absolute Gasteiger partial charge is 0.362 e. The van der Waals surface area contributed by atoms with E-state index in [0.717, 1.165) is 0 Å². The van der Waals surface area contributed by atoms with E-state index in [1.165, 1.54) is 0 Å². The van der Waals surface area contributed by atoms with E-state index in [4.69, 9.17) is 11.5 Å². The highest BCUT2D eigenvalue weighted by atomic mass is 16.2. The molecule has 5 heteroatoms. The fraction of sp³-hybridized carbons (Fsp3) is 0.500. The van der Waals surface area contributed by atoms with Gasteiger partial charge in [0.2, 0.25) is 0 Å². The summed E-state index contributed by atoms with van der Waals surface area (Å²) in [6.45, 7) is 0. The lowest BCUT2D eigenvalue weighted by Gasteiger charge is -2.06. The van der Waals surface area contributed by atoms with Crippen molar-refractivity contribution in [2.75, 3.05) is 0 Å². The van der Waals surface area contributed by atoms with Crippen LogP contribution in [0.25, 0.3) is 0 Å². The lowest BCUT2D eigenvalue weighted by molar-refractivity contribution is -0.454. The third-order valence-electron chi connectivity index (χ3n) is 0.459. The molecule has 0 aromatic rings. The molecule has 0 saturated heterocycles. The normalized spacial score (nSPS) is 11.3. The SMILES string of the molecule is NC(=O)C(N)(N)[NH3+]. The van der Waals surface area contributed by atoms with Crippen LogP contribution in [-0.2, 0) is 4.79 Å². The van der Waals surface area contributed by atoms with Crippen LogP contribution >= 0.6 is 0 Å². The van der Waals surface area contributed by atoms with E-state index in [2.05, 4.69) is 11.5 Å². The van der Waals surface area contributed by atoms with Crippen LogP contribution in [0.15, 0.2) is 0 Å². The van der Waals surface area contributed by atoms with Crippen molar-refractivity contribution < 1.29 is 10.5 Å². The summed E-state index contributed by atoms with van der Waals surface area (Å²) in [5.41, 5.74) is 17.4. The molecule has 0 saturated carbocycles. The minimum Gasteiger partial charge on any atom is -0.362 e. The van der Waals surface area contributed by atoms with Crippen LogP contribution in [-0.4, -0.2) is 11.7 Å². The van der Waals surface area contributed by atoms with Crippen molar-refractivity contribution in [3.8, 4) is 0 Å². The number of hydrogen-bond donors (Lipinski definition) is 4. The van der Waals surface area contributed by atoms with E-state index in [1.54, 1.807) is 0 Å². The molecule has 0 aliphatic heterocycles. The highest BCUT2D eigenvalue weighted by molar-refractivity contribution is 5.80. The number of primary amides is 1. The smallest absolute Gasteiger partial charge is 0.311 e. The van der Waals surface area contributed by atoms with Gasteiger partial charge in [-0.1, -0.05) is 0 Å². The van der Waals surface area contributed by atoms with Gasteiger partial charge < -0.3 is 11.5 Å². The zero-order valence-corrected chi connectivity index (χ0v) is 3.85. The molecule has 0 bridgehead atoms. The standard InChI is InChI=1S/C2H8N4O/c3-1(7)2(4,5)6/h4-6H2,(H2,3,7)/p+1. The molecule has 0 heterocycles. The first-order valence-electron chi connectivity index (χ1n) is 1.67. The molecule has 7 heavy (non-hydrogen) atoms. The van der Waals surface area contributed by atoms with Gasteiger partial charge in [-0.05, 0) is 0 Å². The molecule has 0 atom stereocenters. The Morgan fingerprint density at radius 1 is 1.57 bits per heavy atom. The first kappa shape index (κ1) is 6.35. The van der Waals surface area contributed by atoms with Crippen LogP contribution in [0, 0.1) is 0 Å². The van der Waals surface area contributed by atoms with Crippen LogP contribution in [0.1, 0.15) is 0 Å². The number of hydrogen-bond acceptors (Lipinski definition) is 3. The Labute approximate surface area is 40.6 Å². The molecular weight excluding hydrogens is 96.0 g/mol. The molecule has 0 rings (SSSR count). The molecule has 0 aliphatic rings. The molecule has 9 N–H and O–H groups in total. The van der Waals surface area contributed by atoms with Gasteiger partial charge in [0.05, 0.1) is 0 Å².